The molecule has 25 heteroatoms. The van der Waals surface area contributed by atoms with Gasteiger partial charge in [0.15, 0.2) is 0 Å². The van der Waals surface area contributed by atoms with Gasteiger partial charge in [-0.05, 0) is 150 Å². The van der Waals surface area contributed by atoms with Gasteiger partial charge >= 0.3 is 0 Å². The number of rotatable bonds is 35. The van der Waals surface area contributed by atoms with Gasteiger partial charge < -0.3 is 48.2 Å². The SMILES string of the molecule is [2H]C([2H])(C)C(=O)N(c1ccccc1)C1(OC)CCN(C([2H])([2H])Cc2cccs2)CC1.[2H]C([2H])([2H])OC1(N(C(=O)C([2H])([2H])C)c2ccccc2)CCN(C([2H])([2H])C([2H])([2H])c2cccs2)CC1.[2H]C([2H])([2H])OC1(N(C(=O)CC)c2ccccc2)CCN(C([2H])([2H])Cc2cccs2)CC1.[2H]c1c([2H])c([2H])c(N(C(=O)C([2H])([2H])C)C2(OC)CCN(C([2H])([2H])Cc3cccs3)CC2)c([2H])c1[2H].[2H]c1c([2H])c([2H])c(N(C(=O)CC)C2(OC([2H])([2H])[2H])CCN(C([2H])([2H])Cc3cccs3)CC2)c([2H])c1[2H]. The first-order valence-corrected chi connectivity index (χ1v) is 47.4. The first kappa shape index (κ1) is 62.2. The van der Waals surface area contributed by atoms with Crippen LogP contribution in [0.2, 0.25) is 0 Å². The number of thiophene rings is 5. The van der Waals surface area contributed by atoms with Crippen molar-refractivity contribution in [3.05, 3.63) is 263 Å². The molecule has 0 aliphatic carbocycles. The van der Waals surface area contributed by atoms with Gasteiger partial charge in [0.05, 0.1) is 26.0 Å². The minimum absolute atomic E-state index is 0.0145. The van der Waals surface area contributed by atoms with Crippen molar-refractivity contribution in [3.63, 3.8) is 0 Å². The molecule has 5 fully saturated rings. The number of ether oxygens (including phenoxy) is 5. The van der Waals surface area contributed by atoms with E-state index in [4.69, 9.17) is 74.4 Å². The average molecular weight is 1900 g/mol. The molecule has 5 saturated heterocycles. The molecule has 0 N–H and O–H groups in total. The molecule has 10 aromatic rings. The maximum atomic E-state index is 13.4. The average Bonchev–Trinajstić information content (AvgIpc) is 1.74. The number of nitrogens with zero attached hydrogens (tertiary/aromatic N) is 10. The van der Waals surface area contributed by atoms with E-state index in [1.807, 2.05) is 82.2 Å². The van der Waals surface area contributed by atoms with Gasteiger partial charge in [-0.2, -0.15) is 0 Å². The number of hydrogen-bond donors (Lipinski definition) is 0. The third kappa shape index (κ3) is 27.6. The van der Waals surface area contributed by atoms with Crippen molar-refractivity contribution in [2.45, 2.75) is 191 Å². The number of benzene rings is 5. The van der Waals surface area contributed by atoms with E-state index in [1.165, 1.54) is 82.8 Å². The van der Waals surface area contributed by atoms with Crippen LogP contribution in [0, 0.1) is 0 Å². The Balaban J connectivity index is 0.000000196. The van der Waals surface area contributed by atoms with Crippen LogP contribution in [0.4, 0.5) is 28.4 Å². The number of anilines is 5. The standard InChI is InChI=1S/5C21H28N2O2S/c5*1-3-20(24)23(18-8-5-4-6-9-18)21(25-2)12-15-22(16-13-21)14-11-19-10-7-17-26-19/h5*4-10,17H,3,11-16H2,1-2H3/i3D2,4D,5D,6D,8D,9D,14D2;2D3,4D,5D,6D,8D,9D,14D2;2D3,3D2,11D2,14D2;3D2,14D2;2D3,14D2. The number of carbonyl (C=O) groups excluding carboxylic acids is 5. The maximum Gasteiger partial charge on any atom is 0.229 e. The molecule has 0 bridgehead atoms. The fourth-order valence-electron chi connectivity index (χ4n) is 15.9. The molecule has 700 valence electrons. The minimum Gasteiger partial charge on any atom is -0.358 e. The first-order chi connectivity index (χ1) is 77.5. The van der Waals surface area contributed by atoms with Gasteiger partial charge in [0.2, 0.25) is 29.5 Å². The Morgan fingerprint density at radius 1 is 0.308 bits per heavy atom. The Labute approximate surface area is 846 Å². The minimum atomic E-state index is -2.97. The fourth-order valence-corrected chi connectivity index (χ4v) is 19.0. The van der Waals surface area contributed by atoms with E-state index in [0.29, 0.717) is 43.7 Å². The molecule has 5 aromatic carbocycles. The second kappa shape index (κ2) is 52.3. The van der Waals surface area contributed by atoms with Crippen LogP contribution in [0.25, 0.3) is 0 Å². The van der Waals surface area contributed by atoms with Crippen molar-refractivity contribution in [1.29, 1.82) is 0 Å². The van der Waals surface area contributed by atoms with Crippen molar-refractivity contribution in [2.75, 3.05) is 158 Å². The number of likely N-dealkylation sites (tertiary alicyclic amines) is 5. The molecule has 0 saturated carbocycles. The highest BCUT2D eigenvalue weighted by Crippen LogP contribution is 2.41. The van der Waals surface area contributed by atoms with Crippen molar-refractivity contribution < 1.29 is 98.4 Å². The Hall–Kier alpha value is -8.45. The number of hydrogen-bond acceptors (Lipinski definition) is 20. The van der Waals surface area contributed by atoms with Crippen molar-refractivity contribution in [3.8, 4) is 0 Å². The summed E-state index contributed by atoms with van der Waals surface area (Å²) in [5.74, 6) is -3.66. The molecular weight excluding hydrogens is 1720 g/mol. The monoisotopic (exact) mass is 1900 g/mol. The summed E-state index contributed by atoms with van der Waals surface area (Å²) in [5, 5.41) is 9.26. The van der Waals surface area contributed by atoms with Crippen molar-refractivity contribution >= 4 is 115 Å². The lowest BCUT2D eigenvalue weighted by Gasteiger charge is -2.47. The summed E-state index contributed by atoms with van der Waals surface area (Å²) in [7, 11) is -5.75. The van der Waals surface area contributed by atoms with Gasteiger partial charge in [0.1, 0.15) is 28.6 Å². The lowest BCUT2D eigenvalue weighted by atomic mass is 9.96. The van der Waals surface area contributed by atoms with Crippen LogP contribution < -0.4 is 24.5 Å². The lowest BCUT2D eigenvalue weighted by Crippen LogP contribution is -2.59. The normalized spacial score (nSPS) is 22.6. The van der Waals surface area contributed by atoms with E-state index < -0.39 is 203 Å². The highest BCUT2D eigenvalue weighted by molar-refractivity contribution is 7.11. The molecule has 0 radical (unpaired) electrons. The number of carbonyl (C=O) groups is 5. The number of aryl methyl sites for hydroxylation is 5. The molecule has 5 amide bonds. The van der Waals surface area contributed by atoms with Crippen molar-refractivity contribution in [1.82, 2.24) is 24.5 Å². The van der Waals surface area contributed by atoms with Crippen LogP contribution in [-0.2, 0) is 79.7 Å². The van der Waals surface area contributed by atoms with Gasteiger partial charge in [-0.25, -0.2) is 0 Å². The second-order valence-corrected chi connectivity index (χ2v) is 35.6. The van der Waals surface area contributed by atoms with E-state index in [9.17, 15) is 24.0 Å². The summed E-state index contributed by atoms with van der Waals surface area (Å²) in [6.07, 6.45) is -7.70. The highest BCUT2D eigenvalue weighted by atomic mass is 32.1. The molecule has 5 aliphatic rings. The number of piperidine rings is 5. The Kier molecular flexibility index (Phi) is 25.0. The van der Waals surface area contributed by atoms with Gasteiger partial charge in [-0.15, -0.1) is 56.7 Å². The Bertz CT molecular complexity index is 6650. The Morgan fingerprint density at radius 3 is 0.769 bits per heavy atom. The van der Waals surface area contributed by atoms with Gasteiger partial charge in [-0.3, -0.25) is 48.5 Å². The van der Waals surface area contributed by atoms with Gasteiger partial charge in [0, 0.05) is 307 Å². The molecule has 20 nitrogen and oxygen atoms in total. The zero-order chi connectivity index (χ0) is 124. The first-order valence-electron chi connectivity index (χ1n) is 61.5. The maximum absolute atomic E-state index is 13.4. The molecule has 130 heavy (non-hydrogen) atoms. The second-order valence-electron chi connectivity index (χ2n) is 30.5. The van der Waals surface area contributed by atoms with Crippen LogP contribution in [0.3, 0.4) is 0 Å². The van der Waals surface area contributed by atoms with E-state index in [-0.39, 0.29) is 152 Å². The molecular formula is C105H140N10O10S5. The smallest absolute Gasteiger partial charge is 0.229 e. The predicted molar refractivity (Wildman–Crippen MR) is 538 cm³/mol. The predicted octanol–water partition coefficient (Wildman–Crippen LogP) is 20.9. The van der Waals surface area contributed by atoms with E-state index in [1.54, 1.807) is 128 Å². The van der Waals surface area contributed by atoms with Gasteiger partial charge in [0.25, 0.3) is 0 Å². The van der Waals surface area contributed by atoms with Gasteiger partial charge in [-0.1, -0.05) is 156 Å². The van der Waals surface area contributed by atoms with Crippen LogP contribution in [-0.4, -0.2) is 216 Å². The molecule has 0 atom stereocenters. The highest BCUT2D eigenvalue weighted by Gasteiger charge is 2.48. The molecule has 5 aliphatic heterocycles. The van der Waals surface area contributed by atoms with Crippen LogP contribution in [0.5, 0.6) is 0 Å². The molecule has 15 rings (SSSR count). The summed E-state index contributed by atoms with van der Waals surface area (Å²) >= 11 is 7.04. The third-order valence-corrected chi connectivity index (χ3v) is 27.3. The number of para-hydroxylation sites is 5. The van der Waals surface area contributed by atoms with Crippen LogP contribution in [0.1, 0.15) is 206 Å². The fraction of sp³-hybridized carbons (Fsp3) is 0.476. The third-order valence-electron chi connectivity index (χ3n) is 23.0. The molecule has 10 heterocycles. The molecule has 0 unspecified atom stereocenters. The summed E-state index contributed by atoms with van der Waals surface area (Å²) in [5.41, 5.74) is -7.11. The summed E-state index contributed by atoms with van der Waals surface area (Å²) in [6.45, 7) is -0.953. The van der Waals surface area contributed by atoms with Crippen molar-refractivity contribution in [2.24, 2.45) is 0 Å². The van der Waals surface area contributed by atoms with E-state index in [0.717, 1.165) is 59.4 Å². The quantitative estimate of drug-likeness (QED) is 0.0344. The molecule has 5 aromatic heterocycles. The summed E-state index contributed by atoms with van der Waals surface area (Å²) in [4.78, 5) is 83.5. The van der Waals surface area contributed by atoms with E-state index >= 15 is 0 Å². The summed E-state index contributed by atoms with van der Waals surface area (Å²) < 4.78 is 330. The number of amides is 5. The summed E-state index contributed by atoms with van der Waals surface area (Å²) in [6, 6.07) is 37.8. The Morgan fingerprint density at radius 2 is 0.538 bits per heavy atom. The molecule has 0 spiro atoms. The van der Waals surface area contributed by atoms with E-state index in [2.05, 4.69) is 0 Å². The van der Waals surface area contributed by atoms with Crippen LogP contribution in [0.15, 0.2) is 239 Å². The largest absolute Gasteiger partial charge is 0.358 e. The number of methoxy groups -OCH3 is 5. The lowest BCUT2D eigenvalue weighted by molar-refractivity contribution is -0.128. The zero-order valence-electron chi connectivity index (χ0n) is 111. The zero-order valence-corrected chi connectivity index (χ0v) is 78.4. The van der Waals surface area contributed by atoms with Crippen LogP contribution >= 0.6 is 56.7 Å². The topological polar surface area (TPSA) is 164 Å².